The fraction of sp³-hybridized carbons (Fsp3) is 0.550. The summed E-state index contributed by atoms with van der Waals surface area (Å²) < 4.78 is 62.6. The molecule has 2 bridgehead atoms. The van der Waals surface area contributed by atoms with E-state index in [1.54, 1.807) is 6.07 Å². The Hall–Kier alpha value is -2.69. The molecule has 0 amide bonds. The molecule has 3 aliphatic heterocycles. The van der Waals surface area contributed by atoms with Crippen LogP contribution in [0.1, 0.15) is 37.4 Å². The van der Waals surface area contributed by atoms with E-state index in [2.05, 4.69) is 24.6 Å². The number of piperidine rings is 1. The number of nitrogen functional groups attached to an aromatic ring is 1. The molecule has 0 radical (unpaired) electrons. The number of aromatic nitrogens is 3. The number of nitrogens with two attached hydrogens (primary N) is 1. The summed E-state index contributed by atoms with van der Waals surface area (Å²) >= 11 is 0. The number of hydrogen-bond acceptors (Lipinski definition) is 7. The highest BCUT2D eigenvalue weighted by atomic mass is 19.3. The van der Waals surface area contributed by atoms with Crippen LogP contribution in [0.2, 0.25) is 0 Å². The van der Waals surface area contributed by atoms with E-state index < -0.39 is 18.5 Å². The van der Waals surface area contributed by atoms with E-state index in [0.29, 0.717) is 36.1 Å². The van der Waals surface area contributed by atoms with E-state index in [1.165, 1.54) is 12.3 Å². The Morgan fingerprint density at radius 3 is 2.61 bits per heavy atom. The van der Waals surface area contributed by atoms with Gasteiger partial charge in [-0.1, -0.05) is 0 Å². The highest BCUT2D eigenvalue weighted by molar-refractivity contribution is 5.67. The molecule has 0 spiro atoms. The molecular weight excluding hydrogens is 418 g/mol. The lowest BCUT2D eigenvalue weighted by Crippen LogP contribution is -2.55. The lowest BCUT2D eigenvalue weighted by atomic mass is 9.80. The number of ether oxygens (including phenoxy) is 2. The SMILES string of the molecule is Nc1ncc(-c2cc(N3C[C@@H]4CC[C@H]3CO4)nc(C3CC(F)(F)C3)n2)cc1OC(F)F. The maximum Gasteiger partial charge on any atom is 0.387 e. The van der Waals surface area contributed by atoms with E-state index in [1.807, 2.05) is 0 Å². The molecule has 31 heavy (non-hydrogen) atoms. The second-order valence-corrected chi connectivity index (χ2v) is 8.26. The first kappa shape index (κ1) is 20.2. The van der Waals surface area contributed by atoms with Crippen LogP contribution in [0.5, 0.6) is 5.75 Å². The highest BCUT2D eigenvalue weighted by Crippen LogP contribution is 2.48. The van der Waals surface area contributed by atoms with Crippen LogP contribution >= 0.6 is 0 Å². The van der Waals surface area contributed by atoms with Gasteiger partial charge in [-0.15, -0.1) is 0 Å². The average Bonchev–Trinajstić information content (AvgIpc) is 2.73. The Labute approximate surface area is 175 Å². The fourth-order valence-electron chi connectivity index (χ4n) is 4.39. The van der Waals surface area contributed by atoms with Crippen molar-refractivity contribution in [1.82, 2.24) is 15.0 Å². The van der Waals surface area contributed by atoms with Gasteiger partial charge in [0.05, 0.1) is 24.4 Å². The predicted octanol–water partition coefficient (Wildman–Crippen LogP) is 3.60. The third kappa shape index (κ3) is 3.98. The van der Waals surface area contributed by atoms with E-state index in [-0.39, 0.29) is 36.6 Å². The van der Waals surface area contributed by atoms with E-state index >= 15 is 0 Å². The maximum absolute atomic E-state index is 13.5. The molecule has 4 fully saturated rings. The molecule has 7 nitrogen and oxygen atoms in total. The zero-order valence-electron chi connectivity index (χ0n) is 16.5. The lowest BCUT2D eigenvalue weighted by Gasteiger charge is -2.46. The van der Waals surface area contributed by atoms with Gasteiger partial charge in [0, 0.05) is 43.1 Å². The van der Waals surface area contributed by atoms with E-state index in [9.17, 15) is 17.6 Å². The second kappa shape index (κ2) is 7.47. The summed E-state index contributed by atoms with van der Waals surface area (Å²) in [6, 6.07) is 3.19. The van der Waals surface area contributed by atoms with Crippen LogP contribution < -0.4 is 15.4 Å². The first-order valence-electron chi connectivity index (χ1n) is 10.1. The summed E-state index contributed by atoms with van der Waals surface area (Å²) in [6.45, 7) is -1.82. The van der Waals surface area contributed by atoms with Crippen LogP contribution in [0.3, 0.4) is 0 Å². The Kier molecular flexibility index (Phi) is 4.87. The Morgan fingerprint density at radius 2 is 2.00 bits per heavy atom. The standard InChI is InChI=1S/C20H21F4N5O2/c21-19(22)31-15-3-10(7-26-17(15)25)14-4-16(29-8-13-2-1-12(29)9-30-13)28-18(27-14)11-5-20(23,24)6-11/h3-4,7,11-13,19H,1-2,5-6,8-9H2,(H2,25,26)/t12-,13-/m0/s1. The monoisotopic (exact) mass is 439 g/mol. The number of fused-ring (bicyclic) bond motifs is 3. The van der Waals surface area contributed by atoms with Gasteiger partial charge in [-0.25, -0.2) is 23.7 Å². The summed E-state index contributed by atoms with van der Waals surface area (Å²) in [5.74, 6) is -2.71. The number of hydrogen-bond donors (Lipinski definition) is 1. The summed E-state index contributed by atoms with van der Waals surface area (Å²) in [4.78, 5) is 15.1. The van der Waals surface area contributed by atoms with E-state index in [4.69, 9.17) is 10.5 Å². The minimum Gasteiger partial charge on any atom is -0.431 e. The summed E-state index contributed by atoms with van der Waals surface area (Å²) in [6.07, 6.45) is 2.79. The first-order chi connectivity index (χ1) is 14.8. The molecule has 6 rings (SSSR count). The molecule has 1 aliphatic carbocycles. The van der Waals surface area contributed by atoms with Gasteiger partial charge in [0.15, 0.2) is 11.6 Å². The summed E-state index contributed by atoms with van der Waals surface area (Å²) in [7, 11) is 0. The Balaban J connectivity index is 1.54. The molecule has 166 valence electrons. The third-order valence-corrected chi connectivity index (χ3v) is 6.06. The van der Waals surface area contributed by atoms with Crippen LogP contribution in [0.25, 0.3) is 11.3 Å². The minimum atomic E-state index is -3.06. The van der Waals surface area contributed by atoms with Crippen molar-refractivity contribution in [1.29, 1.82) is 0 Å². The molecule has 2 atom stereocenters. The molecule has 0 aromatic carbocycles. The molecule has 3 saturated heterocycles. The quantitative estimate of drug-likeness (QED) is 0.713. The number of morpholine rings is 1. The molecule has 4 aliphatic rings. The molecule has 2 N–H and O–H groups in total. The summed E-state index contributed by atoms with van der Waals surface area (Å²) in [5.41, 5.74) is 6.42. The van der Waals surface area contributed by atoms with Crippen LogP contribution in [-0.4, -0.2) is 52.8 Å². The number of alkyl halides is 4. The van der Waals surface area contributed by atoms with Crippen molar-refractivity contribution in [3.63, 3.8) is 0 Å². The van der Waals surface area contributed by atoms with Gasteiger partial charge in [0.2, 0.25) is 5.92 Å². The number of nitrogens with zero attached hydrogens (tertiary/aromatic N) is 4. The highest BCUT2D eigenvalue weighted by Gasteiger charge is 2.47. The van der Waals surface area contributed by atoms with Crippen molar-refractivity contribution >= 4 is 11.6 Å². The molecule has 5 heterocycles. The van der Waals surface area contributed by atoms with Gasteiger partial charge in [0.1, 0.15) is 11.6 Å². The van der Waals surface area contributed by atoms with Crippen molar-refractivity contribution in [2.45, 2.75) is 56.3 Å². The van der Waals surface area contributed by atoms with Crippen LogP contribution in [0.15, 0.2) is 18.3 Å². The van der Waals surface area contributed by atoms with Gasteiger partial charge in [0.25, 0.3) is 0 Å². The van der Waals surface area contributed by atoms with Gasteiger partial charge < -0.3 is 20.1 Å². The van der Waals surface area contributed by atoms with Crippen LogP contribution in [0.4, 0.5) is 29.2 Å². The van der Waals surface area contributed by atoms with Crippen molar-refractivity contribution in [3.8, 4) is 17.0 Å². The summed E-state index contributed by atoms with van der Waals surface area (Å²) in [5, 5.41) is 0. The predicted molar refractivity (Wildman–Crippen MR) is 103 cm³/mol. The molecular formula is C20H21F4N5O2. The van der Waals surface area contributed by atoms with Crippen LogP contribution in [-0.2, 0) is 4.74 Å². The molecule has 1 saturated carbocycles. The molecule has 11 heteroatoms. The zero-order valence-corrected chi connectivity index (χ0v) is 16.5. The first-order valence-corrected chi connectivity index (χ1v) is 10.1. The van der Waals surface area contributed by atoms with Crippen molar-refractivity contribution in [2.75, 3.05) is 23.8 Å². The minimum absolute atomic E-state index is 0.101. The number of anilines is 2. The average molecular weight is 439 g/mol. The van der Waals surface area contributed by atoms with Gasteiger partial charge in [-0.05, 0) is 18.9 Å². The second-order valence-electron chi connectivity index (χ2n) is 8.26. The van der Waals surface area contributed by atoms with Crippen molar-refractivity contribution in [2.24, 2.45) is 0 Å². The largest absolute Gasteiger partial charge is 0.431 e. The maximum atomic E-state index is 13.5. The molecule has 0 unspecified atom stereocenters. The third-order valence-electron chi connectivity index (χ3n) is 6.06. The topological polar surface area (TPSA) is 86.4 Å². The number of halogens is 4. The number of pyridine rings is 1. The Morgan fingerprint density at radius 1 is 1.19 bits per heavy atom. The number of rotatable bonds is 5. The zero-order chi connectivity index (χ0) is 21.8. The van der Waals surface area contributed by atoms with E-state index in [0.717, 1.165) is 12.8 Å². The van der Waals surface area contributed by atoms with Crippen molar-refractivity contribution in [3.05, 3.63) is 24.2 Å². The van der Waals surface area contributed by atoms with Gasteiger partial charge >= 0.3 is 6.61 Å². The van der Waals surface area contributed by atoms with Crippen LogP contribution in [0, 0.1) is 0 Å². The molecule has 2 aromatic rings. The van der Waals surface area contributed by atoms with Crippen molar-refractivity contribution < 1.29 is 27.0 Å². The lowest BCUT2D eigenvalue weighted by molar-refractivity contribution is -0.0885. The van der Waals surface area contributed by atoms with Gasteiger partial charge in [-0.3, -0.25) is 0 Å². The van der Waals surface area contributed by atoms with Gasteiger partial charge in [-0.2, -0.15) is 8.78 Å². The normalized spacial score (nSPS) is 25.0. The smallest absolute Gasteiger partial charge is 0.387 e. The Bertz CT molecular complexity index is 976. The fourth-order valence-corrected chi connectivity index (χ4v) is 4.39. The molecule has 2 aromatic heterocycles.